The van der Waals surface area contributed by atoms with Crippen LogP contribution < -0.4 is 0 Å². The standard InChI is InChI=1S/C11H9Br2NO/c1-2-6-3-4-7-8(12)5-9(13)11(15)10(7)14-6/h3-5,15H,2H2,1H3. The molecule has 0 unspecified atom stereocenters. The number of fused-ring (bicyclic) bond motifs is 1. The van der Waals surface area contributed by atoms with Crippen molar-refractivity contribution in [3.05, 3.63) is 32.8 Å². The molecule has 0 atom stereocenters. The van der Waals surface area contributed by atoms with E-state index in [1.807, 2.05) is 25.1 Å². The van der Waals surface area contributed by atoms with Gasteiger partial charge in [-0.15, -0.1) is 0 Å². The van der Waals surface area contributed by atoms with Crippen LogP contribution in [0.4, 0.5) is 0 Å². The van der Waals surface area contributed by atoms with Crippen LogP contribution in [0.3, 0.4) is 0 Å². The van der Waals surface area contributed by atoms with Crippen LogP contribution >= 0.6 is 31.9 Å². The highest BCUT2D eigenvalue weighted by Gasteiger charge is 2.09. The second-order valence-electron chi connectivity index (χ2n) is 3.24. The van der Waals surface area contributed by atoms with Gasteiger partial charge in [0.1, 0.15) is 5.52 Å². The van der Waals surface area contributed by atoms with Gasteiger partial charge in [0.25, 0.3) is 0 Å². The summed E-state index contributed by atoms with van der Waals surface area (Å²) in [6.45, 7) is 2.04. The first kappa shape index (κ1) is 10.9. The van der Waals surface area contributed by atoms with Crippen LogP contribution in [0.15, 0.2) is 27.1 Å². The zero-order valence-corrected chi connectivity index (χ0v) is 11.3. The number of benzene rings is 1. The lowest BCUT2D eigenvalue weighted by Gasteiger charge is -2.06. The molecule has 0 radical (unpaired) electrons. The number of rotatable bonds is 1. The van der Waals surface area contributed by atoms with Crippen LogP contribution in [0.2, 0.25) is 0 Å². The van der Waals surface area contributed by atoms with E-state index in [1.54, 1.807) is 0 Å². The lowest BCUT2D eigenvalue weighted by molar-refractivity contribution is 0.477. The molecule has 78 valence electrons. The van der Waals surface area contributed by atoms with Crippen molar-refractivity contribution in [3.8, 4) is 5.75 Å². The minimum Gasteiger partial charge on any atom is -0.505 e. The lowest BCUT2D eigenvalue weighted by atomic mass is 10.2. The Morgan fingerprint density at radius 3 is 2.67 bits per heavy atom. The zero-order chi connectivity index (χ0) is 11.0. The van der Waals surface area contributed by atoms with E-state index in [0.29, 0.717) is 9.99 Å². The summed E-state index contributed by atoms with van der Waals surface area (Å²) in [5.74, 6) is 0.198. The number of phenolic OH excluding ortho intramolecular Hbond substituents is 1. The normalized spacial score (nSPS) is 10.9. The molecule has 1 N–H and O–H groups in total. The molecule has 2 nitrogen and oxygen atoms in total. The maximum Gasteiger partial charge on any atom is 0.156 e. The Labute approximate surface area is 105 Å². The minimum absolute atomic E-state index is 0.198. The lowest BCUT2D eigenvalue weighted by Crippen LogP contribution is -1.89. The van der Waals surface area contributed by atoms with Gasteiger partial charge >= 0.3 is 0 Å². The fourth-order valence-electron chi connectivity index (χ4n) is 1.44. The van der Waals surface area contributed by atoms with Gasteiger partial charge in [-0.3, -0.25) is 0 Å². The van der Waals surface area contributed by atoms with Gasteiger partial charge < -0.3 is 5.11 Å². The molecule has 0 aliphatic carbocycles. The van der Waals surface area contributed by atoms with Gasteiger partial charge in [0.15, 0.2) is 5.75 Å². The summed E-state index contributed by atoms with van der Waals surface area (Å²) in [6, 6.07) is 5.77. The number of pyridine rings is 1. The Morgan fingerprint density at radius 1 is 1.27 bits per heavy atom. The predicted octanol–water partition coefficient (Wildman–Crippen LogP) is 4.03. The van der Waals surface area contributed by atoms with Gasteiger partial charge in [0.2, 0.25) is 0 Å². The first-order valence-corrected chi connectivity index (χ1v) is 6.18. The molecule has 1 aromatic heterocycles. The third kappa shape index (κ3) is 1.88. The molecule has 0 spiro atoms. The summed E-state index contributed by atoms with van der Waals surface area (Å²) >= 11 is 6.74. The molecular weight excluding hydrogens is 322 g/mol. The average molecular weight is 331 g/mol. The Bertz CT molecular complexity index is 525. The highest BCUT2D eigenvalue weighted by Crippen LogP contribution is 2.36. The molecule has 15 heavy (non-hydrogen) atoms. The third-order valence-electron chi connectivity index (χ3n) is 2.28. The van der Waals surface area contributed by atoms with Crippen LogP contribution in [0.1, 0.15) is 12.6 Å². The summed E-state index contributed by atoms with van der Waals surface area (Å²) in [4.78, 5) is 4.40. The quantitative estimate of drug-likeness (QED) is 0.856. The van der Waals surface area contributed by atoms with Crippen molar-refractivity contribution in [2.45, 2.75) is 13.3 Å². The van der Waals surface area contributed by atoms with E-state index in [-0.39, 0.29) is 5.75 Å². The van der Waals surface area contributed by atoms with Crippen LogP contribution in [0.25, 0.3) is 10.9 Å². The molecule has 0 aliphatic rings. The molecule has 4 heteroatoms. The number of hydrogen-bond donors (Lipinski definition) is 1. The molecule has 0 aliphatic heterocycles. The number of aryl methyl sites for hydroxylation is 1. The van der Waals surface area contributed by atoms with Gasteiger partial charge in [-0.25, -0.2) is 4.98 Å². The van der Waals surface area contributed by atoms with Crippen molar-refractivity contribution in [1.82, 2.24) is 4.98 Å². The molecule has 2 aromatic rings. The van der Waals surface area contributed by atoms with Crippen LogP contribution in [0, 0.1) is 0 Å². The molecule has 0 amide bonds. The van der Waals surface area contributed by atoms with Crippen molar-refractivity contribution >= 4 is 42.8 Å². The first-order valence-electron chi connectivity index (χ1n) is 4.60. The van der Waals surface area contributed by atoms with E-state index in [9.17, 15) is 5.11 Å². The van der Waals surface area contributed by atoms with Gasteiger partial charge in [0, 0.05) is 15.6 Å². The van der Waals surface area contributed by atoms with Gasteiger partial charge in [-0.05, 0) is 40.5 Å². The third-order valence-corrected chi connectivity index (χ3v) is 3.54. The topological polar surface area (TPSA) is 33.1 Å². The van der Waals surface area contributed by atoms with E-state index in [4.69, 9.17) is 0 Å². The summed E-state index contributed by atoms with van der Waals surface area (Å²) in [5, 5.41) is 10.8. The zero-order valence-electron chi connectivity index (χ0n) is 8.09. The fraction of sp³-hybridized carbons (Fsp3) is 0.182. The van der Waals surface area contributed by atoms with E-state index in [1.165, 1.54) is 0 Å². The van der Waals surface area contributed by atoms with Gasteiger partial charge in [0.05, 0.1) is 4.47 Å². The highest BCUT2D eigenvalue weighted by molar-refractivity contribution is 9.11. The minimum atomic E-state index is 0.198. The molecule has 2 rings (SSSR count). The Hall–Kier alpha value is -0.610. The maximum absolute atomic E-state index is 9.87. The molecule has 1 aromatic carbocycles. The van der Waals surface area contributed by atoms with Crippen molar-refractivity contribution in [2.24, 2.45) is 0 Å². The number of nitrogens with zero attached hydrogens (tertiary/aromatic N) is 1. The van der Waals surface area contributed by atoms with E-state index < -0.39 is 0 Å². The predicted molar refractivity (Wildman–Crippen MR) is 68.2 cm³/mol. The van der Waals surface area contributed by atoms with Crippen molar-refractivity contribution in [1.29, 1.82) is 0 Å². The largest absolute Gasteiger partial charge is 0.505 e. The molecular formula is C11H9Br2NO. The van der Waals surface area contributed by atoms with Crippen LogP contribution in [-0.4, -0.2) is 10.1 Å². The van der Waals surface area contributed by atoms with Crippen LogP contribution in [-0.2, 0) is 6.42 Å². The average Bonchev–Trinajstić information content (AvgIpc) is 2.25. The van der Waals surface area contributed by atoms with Crippen LogP contribution in [0.5, 0.6) is 5.75 Å². The first-order chi connectivity index (χ1) is 7.13. The van der Waals surface area contributed by atoms with Gasteiger partial charge in [-0.1, -0.05) is 22.9 Å². The molecule has 1 heterocycles. The number of hydrogen-bond acceptors (Lipinski definition) is 2. The molecule has 0 saturated carbocycles. The SMILES string of the molecule is CCc1ccc2c(Br)cc(Br)c(O)c2n1. The van der Waals surface area contributed by atoms with E-state index >= 15 is 0 Å². The molecule has 0 fully saturated rings. The summed E-state index contributed by atoms with van der Waals surface area (Å²) in [7, 11) is 0. The second kappa shape index (κ2) is 4.10. The van der Waals surface area contributed by atoms with E-state index in [0.717, 1.165) is 22.0 Å². The number of phenols is 1. The van der Waals surface area contributed by atoms with E-state index in [2.05, 4.69) is 36.8 Å². The van der Waals surface area contributed by atoms with Gasteiger partial charge in [-0.2, -0.15) is 0 Å². The maximum atomic E-state index is 9.87. The highest BCUT2D eigenvalue weighted by atomic mass is 79.9. The number of aromatic nitrogens is 1. The van der Waals surface area contributed by atoms with Crippen molar-refractivity contribution in [2.75, 3.05) is 0 Å². The monoisotopic (exact) mass is 329 g/mol. The fourth-order valence-corrected chi connectivity index (χ4v) is 2.71. The second-order valence-corrected chi connectivity index (χ2v) is 4.95. The summed E-state index contributed by atoms with van der Waals surface area (Å²) in [6.07, 6.45) is 0.861. The molecule has 0 saturated heterocycles. The Morgan fingerprint density at radius 2 is 2.00 bits per heavy atom. The smallest absolute Gasteiger partial charge is 0.156 e. The van der Waals surface area contributed by atoms with Crippen molar-refractivity contribution in [3.63, 3.8) is 0 Å². The number of halogens is 2. The molecule has 0 bridgehead atoms. The Balaban J connectivity index is 2.85. The summed E-state index contributed by atoms with van der Waals surface area (Å²) < 4.78 is 1.58. The van der Waals surface area contributed by atoms with Crippen molar-refractivity contribution < 1.29 is 5.11 Å². The number of aromatic hydroxyl groups is 1. The summed E-state index contributed by atoms with van der Waals surface area (Å²) in [5.41, 5.74) is 1.61. The Kier molecular flexibility index (Phi) is 2.98.